The molecular weight excluding hydrogens is 290 g/mol. The molecule has 1 amide bonds. The highest BCUT2D eigenvalue weighted by Gasteiger charge is 2.43. The molecule has 132 valence electrons. The number of carbonyl (C=O) groups is 1. The van der Waals surface area contributed by atoms with Crippen molar-refractivity contribution in [2.24, 2.45) is 5.92 Å². The SMILES string of the molecule is CN1CCN(C(=O)CN2CCCC2C2CCCCC2(C)O)CC1. The molecule has 2 heterocycles. The normalized spacial score (nSPS) is 37.3. The third-order valence-electron chi connectivity index (χ3n) is 6.32. The number of piperazine rings is 1. The van der Waals surface area contributed by atoms with Crippen LogP contribution in [0.25, 0.3) is 0 Å². The van der Waals surface area contributed by atoms with Crippen LogP contribution >= 0.6 is 0 Å². The number of rotatable bonds is 3. The summed E-state index contributed by atoms with van der Waals surface area (Å²) in [6.45, 7) is 7.23. The zero-order chi connectivity index (χ0) is 16.4. The second-order valence-electron chi connectivity index (χ2n) is 8.07. The molecule has 1 aliphatic carbocycles. The summed E-state index contributed by atoms with van der Waals surface area (Å²) < 4.78 is 0. The first-order valence-corrected chi connectivity index (χ1v) is 9.40. The van der Waals surface area contributed by atoms with Gasteiger partial charge in [-0.2, -0.15) is 0 Å². The van der Waals surface area contributed by atoms with Crippen LogP contribution in [0, 0.1) is 5.92 Å². The van der Waals surface area contributed by atoms with Gasteiger partial charge in [-0.15, -0.1) is 0 Å². The quantitative estimate of drug-likeness (QED) is 0.847. The van der Waals surface area contributed by atoms with Gasteiger partial charge in [0.2, 0.25) is 5.91 Å². The van der Waals surface area contributed by atoms with Crippen LogP contribution in [-0.4, -0.2) is 83.7 Å². The van der Waals surface area contributed by atoms with Gasteiger partial charge in [-0.05, 0) is 46.2 Å². The molecule has 0 bridgehead atoms. The molecule has 3 aliphatic rings. The van der Waals surface area contributed by atoms with Gasteiger partial charge in [-0.1, -0.05) is 12.8 Å². The molecule has 3 rings (SSSR count). The molecule has 0 aromatic heterocycles. The maximum absolute atomic E-state index is 12.7. The predicted octanol–water partition coefficient (Wildman–Crippen LogP) is 1.17. The lowest BCUT2D eigenvalue weighted by Crippen LogP contribution is -2.53. The van der Waals surface area contributed by atoms with Crippen molar-refractivity contribution in [1.82, 2.24) is 14.7 Å². The minimum Gasteiger partial charge on any atom is -0.390 e. The maximum Gasteiger partial charge on any atom is 0.236 e. The minimum absolute atomic E-state index is 0.278. The van der Waals surface area contributed by atoms with E-state index in [4.69, 9.17) is 0 Å². The topological polar surface area (TPSA) is 47.0 Å². The number of likely N-dealkylation sites (N-methyl/N-ethyl adjacent to an activating group) is 1. The van der Waals surface area contributed by atoms with Crippen LogP contribution in [0.2, 0.25) is 0 Å². The van der Waals surface area contributed by atoms with Crippen LogP contribution in [0.15, 0.2) is 0 Å². The fourth-order valence-electron chi connectivity index (χ4n) is 4.78. The van der Waals surface area contributed by atoms with Crippen molar-refractivity contribution < 1.29 is 9.90 Å². The van der Waals surface area contributed by atoms with E-state index in [-0.39, 0.29) is 5.91 Å². The van der Waals surface area contributed by atoms with Gasteiger partial charge in [-0.3, -0.25) is 9.69 Å². The summed E-state index contributed by atoms with van der Waals surface area (Å²) in [7, 11) is 2.11. The van der Waals surface area contributed by atoms with Crippen molar-refractivity contribution in [3.63, 3.8) is 0 Å². The van der Waals surface area contributed by atoms with Crippen LogP contribution < -0.4 is 0 Å². The van der Waals surface area contributed by atoms with Gasteiger partial charge in [0.05, 0.1) is 12.1 Å². The summed E-state index contributed by atoms with van der Waals surface area (Å²) in [5.41, 5.74) is -0.553. The lowest BCUT2D eigenvalue weighted by atomic mass is 9.72. The number of aliphatic hydroxyl groups is 1. The monoisotopic (exact) mass is 323 g/mol. The highest BCUT2D eigenvalue weighted by atomic mass is 16.3. The molecule has 0 radical (unpaired) electrons. The summed E-state index contributed by atoms with van der Waals surface area (Å²) in [5, 5.41) is 10.8. The molecule has 5 nitrogen and oxygen atoms in total. The Labute approximate surface area is 140 Å². The molecular formula is C18H33N3O2. The highest BCUT2D eigenvalue weighted by molar-refractivity contribution is 5.78. The first kappa shape index (κ1) is 17.2. The Morgan fingerprint density at radius 2 is 1.83 bits per heavy atom. The fourth-order valence-corrected chi connectivity index (χ4v) is 4.78. The van der Waals surface area contributed by atoms with Crippen molar-refractivity contribution in [3.05, 3.63) is 0 Å². The van der Waals surface area contributed by atoms with Crippen LogP contribution in [0.1, 0.15) is 45.4 Å². The Bertz CT molecular complexity index is 418. The third kappa shape index (κ3) is 3.89. The molecule has 23 heavy (non-hydrogen) atoms. The largest absolute Gasteiger partial charge is 0.390 e. The van der Waals surface area contributed by atoms with Crippen molar-refractivity contribution in [2.45, 2.75) is 57.1 Å². The molecule has 3 fully saturated rings. The van der Waals surface area contributed by atoms with E-state index in [0.717, 1.165) is 64.8 Å². The van der Waals surface area contributed by atoms with E-state index in [1.165, 1.54) is 6.42 Å². The van der Waals surface area contributed by atoms with Crippen molar-refractivity contribution in [2.75, 3.05) is 46.3 Å². The van der Waals surface area contributed by atoms with E-state index in [0.29, 0.717) is 18.5 Å². The molecule has 3 unspecified atom stereocenters. The first-order valence-electron chi connectivity index (χ1n) is 9.40. The molecule has 1 N–H and O–H groups in total. The highest BCUT2D eigenvalue weighted by Crippen LogP contribution is 2.40. The predicted molar refractivity (Wildman–Crippen MR) is 91.3 cm³/mol. The van der Waals surface area contributed by atoms with Crippen LogP contribution in [0.4, 0.5) is 0 Å². The number of hydrogen-bond acceptors (Lipinski definition) is 4. The number of amides is 1. The van der Waals surface area contributed by atoms with Crippen LogP contribution in [0.5, 0.6) is 0 Å². The van der Waals surface area contributed by atoms with Crippen molar-refractivity contribution in [3.8, 4) is 0 Å². The van der Waals surface area contributed by atoms with Gasteiger partial charge in [0.1, 0.15) is 0 Å². The second kappa shape index (κ2) is 7.08. The van der Waals surface area contributed by atoms with Gasteiger partial charge in [0, 0.05) is 38.1 Å². The Morgan fingerprint density at radius 1 is 1.09 bits per heavy atom. The van der Waals surface area contributed by atoms with Crippen LogP contribution in [-0.2, 0) is 4.79 Å². The number of likely N-dealkylation sites (tertiary alicyclic amines) is 1. The molecule has 5 heteroatoms. The minimum atomic E-state index is -0.553. The Hall–Kier alpha value is -0.650. The summed E-state index contributed by atoms with van der Waals surface area (Å²) in [5.74, 6) is 0.611. The smallest absolute Gasteiger partial charge is 0.236 e. The van der Waals surface area contributed by atoms with E-state index < -0.39 is 5.60 Å². The number of carbonyl (C=O) groups excluding carboxylic acids is 1. The van der Waals surface area contributed by atoms with E-state index in [1.54, 1.807) is 0 Å². The molecule has 2 aliphatic heterocycles. The molecule has 0 spiro atoms. The van der Waals surface area contributed by atoms with Gasteiger partial charge in [-0.25, -0.2) is 0 Å². The summed E-state index contributed by atoms with van der Waals surface area (Å²) in [4.78, 5) is 19.3. The summed E-state index contributed by atoms with van der Waals surface area (Å²) in [6.07, 6.45) is 6.67. The fraction of sp³-hybridized carbons (Fsp3) is 0.944. The van der Waals surface area contributed by atoms with Crippen LogP contribution in [0.3, 0.4) is 0 Å². The van der Waals surface area contributed by atoms with E-state index in [9.17, 15) is 9.90 Å². The lowest BCUT2D eigenvalue weighted by molar-refractivity contribution is -0.135. The first-order chi connectivity index (χ1) is 11.0. The zero-order valence-electron chi connectivity index (χ0n) is 14.8. The molecule has 0 aromatic carbocycles. The molecule has 3 atom stereocenters. The van der Waals surface area contributed by atoms with E-state index >= 15 is 0 Å². The average molecular weight is 323 g/mol. The number of nitrogens with zero attached hydrogens (tertiary/aromatic N) is 3. The summed E-state index contributed by atoms with van der Waals surface area (Å²) in [6, 6.07) is 0.390. The maximum atomic E-state index is 12.7. The molecule has 1 saturated carbocycles. The van der Waals surface area contributed by atoms with E-state index in [1.807, 2.05) is 11.8 Å². The zero-order valence-corrected chi connectivity index (χ0v) is 14.8. The summed E-state index contributed by atoms with van der Waals surface area (Å²) >= 11 is 0. The Balaban J connectivity index is 1.59. The van der Waals surface area contributed by atoms with Crippen molar-refractivity contribution in [1.29, 1.82) is 0 Å². The number of hydrogen-bond donors (Lipinski definition) is 1. The lowest BCUT2D eigenvalue weighted by Gasteiger charge is -2.44. The molecule has 0 aromatic rings. The Kier molecular flexibility index (Phi) is 5.29. The van der Waals surface area contributed by atoms with Gasteiger partial charge >= 0.3 is 0 Å². The molecule has 2 saturated heterocycles. The Morgan fingerprint density at radius 3 is 2.52 bits per heavy atom. The third-order valence-corrected chi connectivity index (χ3v) is 6.32. The second-order valence-corrected chi connectivity index (χ2v) is 8.07. The van der Waals surface area contributed by atoms with Crippen molar-refractivity contribution >= 4 is 5.91 Å². The van der Waals surface area contributed by atoms with Gasteiger partial charge in [0.15, 0.2) is 0 Å². The van der Waals surface area contributed by atoms with Gasteiger partial charge < -0.3 is 14.9 Å². The van der Waals surface area contributed by atoms with Gasteiger partial charge in [0.25, 0.3) is 0 Å². The standard InChI is InChI=1S/C18H33N3O2/c1-18(23)8-4-3-6-15(18)16-7-5-9-21(16)14-17(22)20-12-10-19(2)11-13-20/h15-16,23H,3-14H2,1-2H3. The van der Waals surface area contributed by atoms with E-state index in [2.05, 4.69) is 16.8 Å². The average Bonchev–Trinajstić information content (AvgIpc) is 2.95.